The molecule has 0 unspecified atom stereocenters. The van der Waals surface area contributed by atoms with Crippen molar-refractivity contribution < 1.29 is 9.47 Å². The van der Waals surface area contributed by atoms with Crippen molar-refractivity contribution >= 4 is 11.8 Å². The fourth-order valence-electron chi connectivity index (χ4n) is 1.78. The van der Waals surface area contributed by atoms with Crippen molar-refractivity contribution in [3.05, 3.63) is 23.8 Å². The highest BCUT2D eigenvalue weighted by Gasteiger charge is 2.15. The lowest BCUT2D eigenvalue weighted by atomic mass is 10.1. The van der Waals surface area contributed by atoms with Gasteiger partial charge in [0.05, 0.1) is 0 Å². The van der Waals surface area contributed by atoms with E-state index in [0.29, 0.717) is 13.2 Å². The summed E-state index contributed by atoms with van der Waals surface area (Å²) in [5.74, 6) is 1.72. The quantitative estimate of drug-likeness (QED) is 0.888. The zero-order valence-corrected chi connectivity index (χ0v) is 12.1. The van der Waals surface area contributed by atoms with Crippen molar-refractivity contribution in [1.82, 2.24) is 5.32 Å². The summed E-state index contributed by atoms with van der Waals surface area (Å²) in [5, 5.41) is 3.48. The summed E-state index contributed by atoms with van der Waals surface area (Å²) in [7, 11) is 0. The van der Waals surface area contributed by atoms with Crippen LogP contribution in [0.25, 0.3) is 0 Å². The Morgan fingerprint density at radius 1 is 1.22 bits per heavy atom. The van der Waals surface area contributed by atoms with Gasteiger partial charge in [0.15, 0.2) is 11.5 Å². The third kappa shape index (κ3) is 3.56. The van der Waals surface area contributed by atoms with Gasteiger partial charge in [0, 0.05) is 17.8 Å². The van der Waals surface area contributed by atoms with Crippen molar-refractivity contribution in [3.63, 3.8) is 0 Å². The van der Waals surface area contributed by atoms with Crippen LogP contribution in [0, 0.1) is 0 Å². The van der Waals surface area contributed by atoms with Gasteiger partial charge in [0.2, 0.25) is 0 Å². The van der Waals surface area contributed by atoms with E-state index in [1.165, 1.54) is 5.56 Å². The molecule has 0 saturated carbocycles. The van der Waals surface area contributed by atoms with E-state index in [1.807, 2.05) is 17.8 Å². The van der Waals surface area contributed by atoms with Gasteiger partial charge in [-0.15, -0.1) is 0 Å². The monoisotopic (exact) mass is 267 g/mol. The fourth-order valence-corrected chi connectivity index (χ4v) is 2.02. The second kappa shape index (κ2) is 5.85. The Bertz CT molecular complexity index is 407. The molecule has 0 spiro atoms. The predicted octanol–water partition coefficient (Wildman–Crippen LogP) is 2.69. The zero-order chi connectivity index (χ0) is 13.0. The molecular formula is C14H21NO2S. The number of benzene rings is 1. The molecule has 0 saturated heterocycles. The molecule has 1 N–H and O–H groups in total. The Morgan fingerprint density at radius 3 is 2.67 bits per heavy atom. The maximum Gasteiger partial charge on any atom is 0.161 e. The molecule has 0 amide bonds. The lowest BCUT2D eigenvalue weighted by Crippen LogP contribution is -2.31. The highest BCUT2D eigenvalue weighted by atomic mass is 32.2. The van der Waals surface area contributed by atoms with Crippen molar-refractivity contribution in [2.24, 2.45) is 0 Å². The third-order valence-corrected chi connectivity index (χ3v) is 4.29. The van der Waals surface area contributed by atoms with Crippen LogP contribution in [0.15, 0.2) is 18.2 Å². The minimum atomic E-state index is 0.272. The highest BCUT2D eigenvalue weighted by Crippen LogP contribution is 2.30. The Kier molecular flexibility index (Phi) is 4.40. The summed E-state index contributed by atoms with van der Waals surface area (Å²) in [5.41, 5.74) is 1.23. The Morgan fingerprint density at radius 2 is 1.94 bits per heavy atom. The van der Waals surface area contributed by atoms with Crippen LogP contribution in [-0.2, 0) is 6.54 Å². The molecule has 0 bridgehead atoms. The lowest BCUT2D eigenvalue weighted by molar-refractivity contribution is 0.171. The van der Waals surface area contributed by atoms with Crippen LogP contribution >= 0.6 is 11.8 Å². The molecule has 2 rings (SSSR count). The summed E-state index contributed by atoms with van der Waals surface area (Å²) < 4.78 is 11.4. The first-order chi connectivity index (χ1) is 8.61. The summed E-state index contributed by atoms with van der Waals surface area (Å²) in [6.07, 6.45) is 2.14. The van der Waals surface area contributed by atoms with E-state index in [9.17, 15) is 0 Å². The van der Waals surface area contributed by atoms with Gasteiger partial charge in [-0.3, -0.25) is 0 Å². The molecule has 1 aromatic carbocycles. The number of rotatable bonds is 5. The minimum Gasteiger partial charge on any atom is -0.486 e. The molecule has 18 heavy (non-hydrogen) atoms. The first kappa shape index (κ1) is 13.6. The Balaban J connectivity index is 1.90. The predicted molar refractivity (Wildman–Crippen MR) is 76.7 cm³/mol. The summed E-state index contributed by atoms with van der Waals surface area (Å²) in [6, 6.07) is 6.14. The van der Waals surface area contributed by atoms with Crippen molar-refractivity contribution in [3.8, 4) is 11.5 Å². The van der Waals surface area contributed by atoms with E-state index < -0.39 is 0 Å². The van der Waals surface area contributed by atoms with Gasteiger partial charge in [-0.1, -0.05) is 6.07 Å². The number of fused-ring (bicyclic) bond motifs is 1. The summed E-state index contributed by atoms with van der Waals surface area (Å²) >= 11 is 1.88. The SMILES string of the molecule is CSC(C)(C)CNCc1ccc2c(c1)OCCO2. The van der Waals surface area contributed by atoms with Crippen molar-refractivity contribution in [1.29, 1.82) is 0 Å². The number of hydrogen-bond donors (Lipinski definition) is 1. The first-order valence-corrected chi connectivity index (χ1v) is 7.47. The number of thioether (sulfide) groups is 1. The second-order valence-electron chi connectivity index (χ2n) is 5.05. The maximum atomic E-state index is 5.58. The van der Waals surface area contributed by atoms with E-state index in [2.05, 4.69) is 37.6 Å². The molecule has 1 heterocycles. The number of hydrogen-bond acceptors (Lipinski definition) is 4. The van der Waals surface area contributed by atoms with Crippen LogP contribution in [0.3, 0.4) is 0 Å². The van der Waals surface area contributed by atoms with E-state index in [-0.39, 0.29) is 4.75 Å². The highest BCUT2D eigenvalue weighted by molar-refractivity contribution is 7.99. The minimum absolute atomic E-state index is 0.272. The fraction of sp³-hybridized carbons (Fsp3) is 0.571. The van der Waals surface area contributed by atoms with Crippen LogP contribution < -0.4 is 14.8 Å². The molecule has 0 aromatic heterocycles. The van der Waals surface area contributed by atoms with Crippen LogP contribution in [0.2, 0.25) is 0 Å². The summed E-state index contributed by atoms with van der Waals surface area (Å²) in [4.78, 5) is 0. The first-order valence-electron chi connectivity index (χ1n) is 6.25. The second-order valence-corrected chi connectivity index (χ2v) is 6.56. The maximum absolute atomic E-state index is 5.58. The molecule has 0 radical (unpaired) electrons. The molecule has 3 nitrogen and oxygen atoms in total. The van der Waals surface area contributed by atoms with Crippen molar-refractivity contribution in [2.75, 3.05) is 26.0 Å². The van der Waals surface area contributed by atoms with E-state index in [4.69, 9.17) is 9.47 Å². The van der Waals surface area contributed by atoms with E-state index in [0.717, 1.165) is 24.6 Å². The van der Waals surface area contributed by atoms with Gasteiger partial charge in [0.1, 0.15) is 13.2 Å². The van der Waals surface area contributed by atoms with Crippen LogP contribution in [0.5, 0.6) is 11.5 Å². The Hall–Kier alpha value is -0.870. The number of ether oxygens (including phenoxy) is 2. The largest absolute Gasteiger partial charge is 0.486 e. The lowest BCUT2D eigenvalue weighted by Gasteiger charge is -2.23. The van der Waals surface area contributed by atoms with Gasteiger partial charge in [-0.05, 0) is 37.8 Å². The summed E-state index contributed by atoms with van der Waals surface area (Å²) in [6.45, 7) is 7.63. The smallest absolute Gasteiger partial charge is 0.161 e. The molecule has 0 fully saturated rings. The van der Waals surface area contributed by atoms with Crippen LogP contribution in [0.4, 0.5) is 0 Å². The molecule has 1 aromatic rings. The van der Waals surface area contributed by atoms with Gasteiger partial charge in [-0.2, -0.15) is 11.8 Å². The topological polar surface area (TPSA) is 30.5 Å². The van der Waals surface area contributed by atoms with Gasteiger partial charge < -0.3 is 14.8 Å². The van der Waals surface area contributed by atoms with Crippen LogP contribution in [0.1, 0.15) is 19.4 Å². The molecule has 0 atom stereocenters. The van der Waals surface area contributed by atoms with E-state index in [1.54, 1.807) is 0 Å². The average Bonchev–Trinajstić information content (AvgIpc) is 2.38. The molecule has 4 heteroatoms. The average molecular weight is 267 g/mol. The zero-order valence-electron chi connectivity index (χ0n) is 11.3. The molecule has 1 aliphatic heterocycles. The Labute approximate surface area is 113 Å². The number of nitrogens with one attached hydrogen (secondary N) is 1. The normalized spacial score (nSPS) is 14.6. The van der Waals surface area contributed by atoms with Gasteiger partial charge in [-0.25, -0.2) is 0 Å². The molecule has 100 valence electrons. The van der Waals surface area contributed by atoms with Gasteiger partial charge >= 0.3 is 0 Å². The molecule has 1 aliphatic rings. The van der Waals surface area contributed by atoms with Crippen LogP contribution in [-0.4, -0.2) is 30.8 Å². The van der Waals surface area contributed by atoms with E-state index >= 15 is 0 Å². The van der Waals surface area contributed by atoms with Crippen molar-refractivity contribution in [2.45, 2.75) is 25.1 Å². The van der Waals surface area contributed by atoms with Gasteiger partial charge in [0.25, 0.3) is 0 Å². The molecular weight excluding hydrogens is 246 g/mol. The standard InChI is InChI=1S/C14H21NO2S/c1-14(2,18-3)10-15-9-11-4-5-12-13(8-11)17-7-6-16-12/h4-5,8,15H,6-7,9-10H2,1-3H3. The molecule has 0 aliphatic carbocycles. The third-order valence-electron chi connectivity index (χ3n) is 3.04.